The molecule has 1 amide bonds. The van der Waals surface area contributed by atoms with Crippen molar-refractivity contribution < 1.29 is 17.6 Å². The predicted octanol–water partition coefficient (Wildman–Crippen LogP) is 2.51. The molecule has 0 spiro atoms. The largest absolute Gasteiger partial charge is 0.354 e. The number of hydrogen-bond donors (Lipinski definition) is 1. The van der Waals surface area contributed by atoms with E-state index in [0.717, 1.165) is 16.1 Å². The Kier molecular flexibility index (Phi) is 6.88. The Morgan fingerprint density at radius 3 is 2.31 bits per heavy atom. The highest BCUT2D eigenvalue weighted by Crippen LogP contribution is 2.21. The molecule has 5 nitrogen and oxygen atoms in total. The van der Waals surface area contributed by atoms with Gasteiger partial charge in [-0.2, -0.15) is 4.31 Å². The van der Waals surface area contributed by atoms with Crippen LogP contribution in [0.3, 0.4) is 0 Å². The van der Waals surface area contributed by atoms with E-state index < -0.39 is 16.1 Å². The number of likely N-dealkylation sites (N-methyl/N-ethyl adjacent to an activating group) is 1. The normalized spacial score (nSPS) is 12.8. The highest BCUT2D eigenvalue weighted by molar-refractivity contribution is 7.88. The van der Waals surface area contributed by atoms with Crippen molar-refractivity contribution >= 4 is 15.9 Å². The van der Waals surface area contributed by atoms with Crippen LogP contribution in [0.2, 0.25) is 0 Å². The molecule has 0 aromatic heterocycles. The Balaban J connectivity index is 1.99. The molecule has 0 saturated heterocycles. The molecule has 7 heteroatoms. The van der Waals surface area contributed by atoms with Gasteiger partial charge in [-0.1, -0.05) is 42.5 Å². The fourth-order valence-corrected chi connectivity index (χ4v) is 3.21. The monoisotopic (exact) mass is 378 g/mol. The molecular weight excluding hydrogens is 355 g/mol. The second kappa shape index (κ2) is 8.91. The summed E-state index contributed by atoms with van der Waals surface area (Å²) < 4.78 is 37.8. The second-order valence-corrected chi connectivity index (χ2v) is 8.16. The summed E-state index contributed by atoms with van der Waals surface area (Å²) in [5.41, 5.74) is 1.59. The lowest BCUT2D eigenvalue weighted by Crippen LogP contribution is -2.41. The Bertz CT molecular complexity index is 824. The molecule has 1 N–H and O–H groups in total. The zero-order chi connectivity index (χ0) is 19.2. The third-order valence-electron chi connectivity index (χ3n) is 4.11. The lowest BCUT2D eigenvalue weighted by Gasteiger charge is -2.25. The molecule has 140 valence electrons. The zero-order valence-corrected chi connectivity index (χ0v) is 15.7. The van der Waals surface area contributed by atoms with Crippen LogP contribution in [0.25, 0.3) is 0 Å². The van der Waals surface area contributed by atoms with Crippen LogP contribution in [0.15, 0.2) is 54.6 Å². The van der Waals surface area contributed by atoms with Crippen LogP contribution in [-0.4, -0.2) is 38.5 Å². The van der Waals surface area contributed by atoms with Crippen molar-refractivity contribution in [3.63, 3.8) is 0 Å². The molecule has 0 bridgehead atoms. The molecule has 0 fully saturated rings. The van der Waals surface area contributed by atoms with E-state index in [4.69, 9.17) is 0 Å². The van der Waals surface area contributed by atoms with Gasteiger partial charge < -0.3 is 5.32 Å². The van der Waals surface area contributed by atoms with Crippen LogP contribution in [0, 0.1) is 5.82 Å². The van der Waals surface area contributed by atoms with Crippen molar-refractivity contribution in [3.8, 4) is 0 Å². The number of amides is 1. The van der Waals surface area contributed by atoms with Crippen molar-refractivity contribution in [1.82, 2.24) is 9.62 Å². The van der Waals surface area contributed by atoms with Gasteiger partial charge in [0, 0.05) is 13.6 Å². The summed E-state index contributed by atoms with van der Waals surface area (Å²) in [5.74, 6) is -0.653. The highest BCUT2D eigenvalue weighted by atomic mass is 32.2. The molecule has 0 radical (unpaired) electrons. The number of rotatable bonds is 8. The summed E-state index contributed by atoms with van der Waals surface area (Å²) in [4.78, 5) is 12.6. The summed E-state index contributed by atoms with van der Waals surface area (Å²) in [7, 11) is -2.14. The first-order chi connectivity index (χ1) is 12.3. The summed E-state index contributed by atoms with van der Waals surface area (Å²) in [6.45, 7) is 0.400. The first-order valence-corrected chi connectivity index (χ1v) is 10.1. The summed E-state index contributed by atoms with van der Waals surface area (Å²) in [5, 5.41) is 2.80. The number of benzene rings is 2. The van der Waals surface area contributed by atoms with E-state index in [2.05, 4.69) is 5.32 Å². The SMILES string of the molecule is CN([C@H](C(=O)NCCCc1ccc(F)cc1)c1ccccc1)S(C)(=O)=O. The molecule has 0 saturated carbocycles. The fourth-order valence-electron chi connectivity index (χ4n) is 2.61. The Hall–Kier alpha value is -2.25. The Morgan fingerprint density at radius 2 is 1.73 bits per heavy atom. The fraction of sp³-hybridized carbons (Fsp3) is 0.316. The number of sulfonamides is 1. The quantitative estimate of drug-likeness (QED) is 0.718. The van der Waals surface area contributed by atoms with E-state index in [1.54, 1.807) is 36.4 Å². The van der Waals surface area contributed by atoms with E-state index in [0.29, 0.717) is 24.9 Å². The number of carbonyl (C=O) groups is 1. The average Bonchev–Trinajstić information content (AvgIpc) is 2.60. The Morgan fingerprint density at radius 1 is 1.12 bits per heavy atom. The van der Waals surface area contributed by atoms with Crippen molar-refractivity contribution in [2.45, 2.75) is 18.9 Å². The summed E-state index contributed by atoms with van der Waals surface area (Å²) in [6, 6.07) is 14.1. The van der Waals surface area contributed by atoms with Gasteiger partial charge in [0.1, 0.15) is 11.9 Å². The van der Waals surface area contributed by atoms with Crippen LogP contribution in [0.1, 0.15) is 23.6 Å². The van der Waals surface area contributed by atoms with Gasteiger partial charge in [-0.3, -0.25) is 4.79 Å². The maximum atomic E-state index is 12.9. The minimum Gasteiger partial charge on any atom is -0.354 e. The minimum absolute atomic E-state index is 0.281. The van der Waals surface area contributed by atoms with Crippen molar-refractivity contribution in [2.24, 2.45) is 0 Å². The van der Waals surface area contributed by atoms with E-state index in [-0.39, 0.29) is 11.7 Å². The van der Waals surface area contributed by atoms with E-state index in [9.17, 15) is 17.6 Å². The molecule has 0 aliphatic rings. The lowest BCUT2D eigenvalue weighted by molar-refractivity contribution is -0.124. The predicted molar refractivity (Wildman–Crippen MR) is 99.5 cm³/mol. The van der Waals surface area contributed by atoms with Crippen molar-refractivity contribution in [2.75, 3.05) is 19.8 Å². The highest BCUT2D eigenvalue weighted by Gasteiger charge is 2.30. The molecule has 0 unspecified atom stereocenters. The first kappa shape index (κ1) is 20.1. The number of nitrogens with one attached hydrogen (secondary N) is 1. The van der Waals surface area contributed by atoms with Gasteiger partial charge in [0.2, 0.25) is 15.9 Å². The molecule has 1 atom stereocenters. The van der Waals surface area contributed by atoms with Gasteiger partial charge in [0.25, 0.3) is 0 Å². The molecule has 0 aliphatic heterocycles. The van der Waals surface area contributed by atoms with Crippen LogP contribution in [-0.2, 0) is 21.2 Å². The molecular formula is C19H23FN2O3S. The first-order valence-electron chi connectivity index (χ1n) is 8.29. The second-order valence-electron chi connectivity index (χ2n) is 6.11. The molecule has 2 aromatic carbocycles. The van der Waals surface area contributed by atoms with Gasteiger partial charge in [-0.25, -0.2) is 12.8 Å². The maximum absolute atomic E-state index is 12.9. The summed E-state index contributed by atoms with van der Waals surface area (Å²) in [6.07, 6.45) is 2.44. The topological polar surface area (TPSA) is 66.5 Å². The number of halogens is 1. The molecule has 0 heterocycles. The smallest absolute Gasteiger partial charge is 0.242 e. The van der Waals surface area contributed by atoms with Gasteiger partial charge in [0.05, 0.1) is 6.26 Å². The standard InChI is InChI=1S/C19H23FN2O3S/c1-22(26(2,24)25)18(16-8-4-3-5-9-16)19(23)21-14-6-7-15-10-12-17(20)13-11-15/h3-5,8-13,18H,6-7,14H2,1-2H3,(H,21,23)/t18-/m0/s1. The van der Waals surface area contributed by atoms with Crippen LogP contribution in [0.4, 0.5) is 4.39 Å². The Labute approximate surface area is 153 Å². The van der Waals surface area contributed by atoms with E-state index >= 15 is 0 Å². The number of carbonyl (C=O) groups excluding carboxylic acids is 1. The zero-order valence-electron chi connectivity index (χ0n) is 14.9. The van der Waals surface area contributed by atoms with Crippen LogP contribution in [0.5, 0.6) is 0 Å². The number of aryl methyl sites for hydroxylation is 1. The van der Waals surface area contributed by atoms with E-state index in [1.165, 1.54) is 19.2 Å². The lowest BCUT2D eigenvalue weighted by atomic mass is 10.1. The molecule has 2 rings (SSSR count). The van der Waals surface area contributed by atoms with Crippen molar-refractivity contribution in [1.29, 1.82) is 0 Å². The molecule has 26 heavy (non-hydrogen) atoms. The summed E-state index contributed by atoms with van der Waals surface area (Å²) >= 11 is 0. The molecule has 0 aliphatic carbocycles. The van der Waals surface area contributed by atoms with E-state index in [1.807, 2.05) is 6.07 Å². The van der Waals surface area contributed by atoms with Crippen LogP contribution >= 0.6 is 0 Å². The number of nitrogens with zero attached hydrogens (tertiary/aromatic N) is 1. The van der Waals surface area contributed by atoms with Gasteiger partial charge in [-0.15, -0.1) is 0 Å². The van der Waals surface area contributed by atoms with Gasteiger partial charge in [0.15, 0.2) is 0 Å². The maximum Gasteiger partial charge on any atom is 0.242 e. The average molecular weight is 378 g/mol. The van der Waals surface area contributed by atoms with Crippen LogP contribution < -0.4 is 5.32 Å². The third-order valence-corrected chi connectivity index (χ3v) is 5.36. The van der Waals surface area contributed by atoms with Crippen molar-refractivity contribution in [3.05, 3.63) is 71.5 Å². The van der Waals surface area contributed by atoms with Gasteiger partial charge in [-0.05, 0) is 36.1 Å². The minimum atomic E-state index is -3.54. The molecule has 2 aromatic rings. The third kappa shape index (κ3) is 5.64. The number of hydrogen-bond acceptors (Lipinski definition) is 3. The van der Waals surface area contributed by atoms with Gasteiger partial charge >= 0.3 is 0 Å².